The Bertz CT molecular complexity index is 85.1. The van der Waals surface area contributed by atoms with Crippen LogP contribution in [-0.2, 0) is 9.47 Å². The molecule has 1 unspecified atom stereocenters. The highest BCUT2D eigenvalue weighted by molar-refractivity contribution is 8.02. The van der Waals surface area contributed by atoms with Crippen LogP contribution in [0.4, 0.5) is 0 Å². The van der Waals surface area contributed by atoms with Crippen molar-refractivity contribution in [3.05, 3.63) is 5.44 Å². The van der Waals surface area contributed by atoms with Crippen molar-refractivity contribution >= 4 is 11.8 Å². The Morgan fingerprint density at radius 2 is 2.67 bits per heavy atom. The monoisotopic (exact) mass is 147 g/mol. The van der Waals surface area contributed by atoms with Gasteiger partial charge in [0, 0.05) is 12.9 Å². The maximum absolute atomic E-state index is 5.36. The number of methoxy groups -OCH3 is 1. The third-order valence-corrected chi connectivity index (χ3v) is 2.20. The molecule has 1 fully saturated rings. The van der Waals surface area contributed by atoms with Gasteiger partial charge in [0.05, 0.1) is 12.7 Å². The topological polar surface area (TPSA) is 18.5 Å². The summed E-state index contributed by atoms with van der Waals surface area (Å²) in [7, 11) is 1.70. The third-order valence-electron chi connectivity index (χ3n) is 1.16. The summed E-state index contributed by atoms with van der Waals surface area (Å²) in [6.07, 6.45) is 0.292. The van der Waals surface area contributed by atoms with E-state index in [2.05, 4.69) is 0 Å². The third kappa shape index (κ3) is 2.16. The summed E-state index contributed by atoms with van der Waals surface area (Å²) in [5.74, 6) is 1.04. The van der Waals surface area contributed by atoms with Crippen LogP contribution in [-0.4, -0.2) is 25.6 Å². The van der Waals surface area contributed by atoms with Gasteiger partial charge in [0.15, 0.2) is 0 Å². The molecule has 1 radical (unpaired) electrons. The fourth-order valence-corrected chi connectivity index (χ4v) is 1.57. The molecule has 1 saturated heterocycles. The van der Waals surface area contributed by atoms with E-state index >= 15 is 0 Å². The molecule has 53 valence electrons. The van der Waals surface area contributed by atoms with Crippen LogP contribution in [0.1, 0.15) is 6.92 Å². The molecule has 0 amide bonds. The Hall–Kier alpha value is 0.270. The highest BCUT2D eigenvalue weighted by Crippen LogP contribution is 2.30. The van der Waals surface area contributed by atoms with Gasteiger partial charge in [-0.05, 0) is 6.92 Å². The van der Waals surface area contributed by atoms with Crippen LogP contribution in [0.15, 0.2) is 0 Å². The first-order chi connectivity index (χ1) is 4.33. The van der Waals surface area contributed by atoms with Crippen molar-refractivity contribution in [3.8, 4) is 0 Å². The molecule has 3 heteroatoms. The average Bonchev–Trinajstić information content (AvgIpc) is 2.17. The lowest BCUT2D eigenvalue weighted by atomic mass is 10.4. The average molecular weight is 147 g/mol. The predicted molar refractivity (Wildman–Crippen MR) is 38.1 cm³/mol. The van der Waals surface area contributed by atoms with Crippen LogP contribution >= 0.6 is 11.8 Å². The second-order valence-corrected chi connectivity index (χ2v) is 3.19. The normalized spacial score (nSPS) is 29.3. The smallest absolute Gasteiger partial charge is 0.149 e. The van der Waals surface area contributed by atoms with Gasteiger partial charge in [0.1, 0.15) is 5.44 Å². The van der Waals surface area contributed by atoms with Gasteiger partial charge >= 0.3 is 0 Å². The standard InChI is InChI=1S/C6H11O2S/c1-5-8-6(3-7-2)4-9-5/h6H,3-4H2,1-2H3. The summed E-state index contributed by atoms with van der Waals surface area (Å²) < 4.78 is 10.3. The summed E-state index contributed by atoms with van der Waals surface area (Å²) in [5.41, 5.74) is 1.07. The van der Waals surface area contributed by atoms with Gasteiger partial charge < -0.3 is 9.47 Å². The fraction of sp³-hybridized carbons (Fsp3) is 0.833. The summed E-state index contributed by atoms with van der Waals surface area (Å²) in [5, 5.41) is 0. The van der Waals surface area contributed by atoms with Crippen molar-refractivity contribution in [1.29, 1.82) is 0 Å². The largest absolute Gasteiger partial charge is 0.382 e. The first-order valence-corrected chi connectivity index (χ1v) is 3.93. The van der Waals surface area contributed by atoms with Crippen LogP contribution in [0, 0.1) is 5.44 Å². The van der Waals surface area contributed by atoms with Gasteiger partial charge in [-0.15, -0.1) is 11.8 Å². The van der Waals surface area contributed by atoms with Crippen molar-refractivity contribution < 1.29 is 9.47 Å². The molecule has 0 N–H and O–H groups in total. The van der Waals surface area contributed by atoms with Crippen molar-refractivity contribution in [2.45, 2.75) is 13.0 Å². The number of thioether (sulfide) groups is 1. The molecular weight excluding hydrogens is 136 g/mol. The van der Waals surface area contributed by atoms with Crippen molar-refractivity contribution in [2.24, 2.45) is 0 Å². The number of hydrogen-bond acceptors (Lipinski definition) is 3. The van der Waals surface area contributed by atoms with Crippen molar-refractivity contribution in [3.63, 3.8) is 0 Å². The van der Waals surface area contributed by atoms with Crippen molar-refractivity contribution in [1.82, 2.24) is 0 Å². The van der Waals surface area contributed by atoms with E-state index in [1.165, 1.54) is 0 Å². The Morgan fingerprint density at radius 1 is 1.89 bits per heavy atom. The van der Waals surface area contributed by atoms with E-state index in [0.717, 1.165) is 11.2 Å². The molecular formula is C6H11O2S. The molecule has 0 saturated carbocycles. The number of rotatable bonds is 2. The zero-order chi connectivity index (χ0) is 6.69. The van der Waals surface area contributed by atoms with Gasteiger partial charge in [-0.3, -0.25) is 0 Å². The van der Waals surface area contributed by atoms with Gasteiger partial charge in [-0.25, -0.2) is 0 Å². The molecule has 0 bridgehead atoms. The molecule has 0 aliphatic carbocycles. The van der Waals surface area contributed by atoms with Crippen LogP contribution in [0.2, 0.25) is 0 Å². The maximum Gasteiger partial charge on any atom is 0.149 e. The predicted octanol–water partition coefficient (Wildman–Crippen LogP) is 1.27. The zero-order valence-electron chi connectivity index (χ0n) is 5.72. The Balaban J connectivity index is 2.14. The Morgan fingerprint density at radius 3 is 3.11 bits per heavy atom. The van der Waals surface area contributed by atoms with Gasteiger partial charge in [-0.2, -0.15) is 0 Å². The van der Waals surface area contributed by atoms with Crippen LogP contribution in [0.5, 0.6) is 0 Å². The van der Waals surface area contributed by atoms with Crippen molar-refractivity contribution in [2.75, 3.05) is 19.5 Å². The molecule has 0 aromatic rings. The van der Waals surface area contributed by atoms with E-state index in [0.29, 0.717) is 12.7 Å². The van der Waals surface area contributed by atoms with Gasteiger partial charge in [0.25, 0.3) is 0 Å². The van der Waals surface area contributed by atoms with Gasteiger partial charge in [0.2, 0.25) is 0 Å². The van der Waals surface area contributed by atoms with E-state index in [4.69, 9.17) is 9.47 Å². The first kappa shape index (κ1) is 7.38. The molecule has 1 aliphatic rings. The highest BCUT2D eigenvalue weighted by Gasteiger charge is 2.22. The highest BCUT2D eigenvalue weighted by atomic mass is 32.2. The first-order valence-electron chi connectivity index (χ1n) is 2.95. The number of ether oxygens (including phenoxy) is 2. The molecule has 1 aliphatic heterocycles. The molecule has 1 heterocycles. The summed E-state index contributed by atoms with van der Waals surface area (Å²) in [6, 6.07) is 0. The van der Waals surface area contributed by atoms with E-state index in [9.17, 15) is 0 Å². The lowest BCUT2D eigenvalue weighted by Crippen LogP contribution is -2.15. The minimum Gasteiger partial charge on any atom is -0.382 e. The van der Waals surface area contributed by atoms with Crippen LogP contribution in [0.25, 0.3) is 0 Å². The minimum atomic E-state index is 0.292. The SMILES string of the molecule is COCC1CS[C](C)O1. The van der Waals surface area contributed by atoms with Crippen LogP contribution in [0.3, 0.4) is 0 Å². The molecule has 0 aromatic carbocycles. The molecule has 0 spiro atoms. The fourth-order valence-electron chi connectivity index (χ4n) is 0.781. The molecule has 9 heavy (non-hydrogen) atoms. The summed E-state index contributed by atoms with van der Waals surface area (Å²) >= 11 is 1.76. The zero-order valence-corrected chi connectivity index (χ0v) is 6.53. The maximum atomic E-state index is 5.36. The van der Waals surface area contributed by atoms with Gasteiger partial charge in [-0.1, -0.05) is 0 Å². The molecule has 1 atom stereocenters. The summed E-state index contributed by atoms with van der Waals surface area (Å²) in [6.45, 7) is 2.70. The molecule has 0 aromatic heterocycles. The quantitative estimate of drug-likeness (QED) is 0.586. The second-order valence-electron chi connectivity index (χ2n) is 2.00. The lowest BCUT2D eigenvalue weighted by molar-refractivity contribution is 0.0498. The Kier molecular flexibility index (Phi) is 2.82. The lowest BCUT2D eigenvalue weighted by Gasteiger charge is -2.06. The Labute approximate surface area is 59.9 Å². The van der Waals surface area contributed by atoms with E-state index in [1.54, 1.807) is 18.9 Å². The van der Waals surface area contributed by atoms with Crippen LogP contribution < -0.4 is 0 Å². The minimum absolute atomic E-state index is 0.292. The van der Waals surface area contributed by atoms with E-state index in [-0.39, 0.29) is 0 Å². The molecule has 1 rings (SSSR count). The second kappa shape index (κ2) is 3.44. The summed E-state index contributed by atoms with van der Waals surface area (Å²) in [4.78, 5) is 0. The molecule has 2 nitrogen and oxygen atoms in total. The number of hydrogen-bond donors (Lipinski definition) is 0. The van der Waals surface area contributed by atoms with E-state index < -0.39 is 0 Å². The van der Waals surface area contributed by atoms with E-state index in [1.807, 2.05) is 6.92 Å².